The van der Waals surface area contributed by atoms with Crippen LogP contribution in [-0.2, 0) is 4.79 Å². The van der Waals surface area contributed by atoms with Gasteiger partial charge in [-0.3, -0.25) is 14.2 Å². The molecule has 152 valence electrons. The number of rotatable bonds is 5. The van der Waals surface area contributed by atoms with Gasteiger partial charge in [-0.15, -0.1) is 0 Å². The third kappa shape index (κ3) is 3.72. The summed E-state index contributed by atoms with van der Waals surface area (Å²) < 4.78 is 1.47. The first-order chi connectivity index (χ1) is 13.7. The summed E-state index contributed by atoms with van der Waals surface area (Å²) in [6.07, 6.45) is 0.655. The third-order valence-corrected chi connectivity index (χ3v) is 6.14. The standard InChI is InChI=1S/C22H21Cl2NO4/c1-4-11(2)19(22(28)29)20-12(3)25(18-8-6-14(26)10-15(18)20)21(27)13-5-7-16(23)17(24)9-13/h5-11,19,26H,4H2,1-3H3,(H,28,29)/t11-,19?/m1/s1. The molecule has 0 aliphatic rings. The first-order valence-corrected chi connectivity index (χ1v) is 9.99. The number of aromatic hydroxyl groups is 1. The molecule has 1 heterocycles. The number of halogens is 2. The zero-order valence-electron chi connectivity index (χ0n) is 16.2. The predicted octanol–water partition coefficient (Wildman–Crippen LogP) is 5.86. The van der Waals surface area contributed by atoms with E-state index in [0.717, 1.165) is 0 Å². The Hall–Kier alpha value is -2.50. The molecule has 0 saturated carbocycles. The summed E-state index contributed by atoms with van der Waals surface area (Å²) in [5.41, 5.74) is 1.91. The van der Waals surface area contributed by atoms with E-state index in [9.17, 15) is 19.8 Å². The van der Waals surface area contributed by atoms with Gasteiger partial charge in [0, 0.05) is 16.6 Å². The molecule has 0 radical (unpaired) electrons. The molecule has 0 spiro atoms. The van der Waals surface area contributed by atoms with Crippen LogP contribution < -0.4 is 0 Å². The van der Waals surface area contributed by atoms with E-state index in [0.29, 0.717) is 39.2 Å². The Morgan fingerprint density at radius 1 is 1.10 bits per heavy atom. The molecular formula is C22H21Cl2NO4. The second kappa shape index (κ2) is 8.09. The Bertz CT molecular complexity index is 1120. The highest BCUT2D eigenvalue weighted by atomic mass is 35.5. The molecule has 5 nitrogen and oxygen atoms in total. The van der Waals surface area contributed by atoms with Crippen LogP contribution in [-0.4, -0.2) is 26.7 Å². The van der Waals surface area contributed by atoms with Gasteiger partial charge in [-0.2, -0.15) is 0 Å². The number of phenolic OH excluding ortho intramolecular Hbond substituents is 1. The maximum atomic E-state index is 13.3. The highest BCUT2D eigenvalue weighted by Crippen LogP contribution is 2.39. The van der Waals surface area contributed by atoms with Crippen molar-refractivity contribution in [2.45, 2.75) is 33.1 Å². The van der Waals surface area contributed by atoms with Crippen molar-refractivity contribution in [3.05, 3.63) is 63.3 Å². The smallest absolute Gasteiger partial charge is 0.311 e. The molecule has 0 aliphatic carbocycles. The third-order valence-electron chi connectivity index (χ3n) is 5.40. The van der Waals surface area contributed by atoms with Crippen LogP contribution in [0.5, 0.6) is 5.75 Å². The molecule has 1 aromatic heterocycles. The average Bonchev–Trinajstić information content (AvgIpc) is 2.94. The highest BCUT2D eigenvalue weighted by Gasteiger charge is 2.32. The fraction of sp³-hybridized carbons (Fsp3) is 0.273. The van der Waals surface area contributed by atoms with Crippen molar-refractivity contribution < 1.29 is 19.8 Å². The van der Waals surface area contributed by atoms with Crippen molar-refractivity contribution in [2.75, 3.05) is 0 Å². The molecular weight excluding hydrogens is 413 g/mol. The minimum absolute atomic E-state index is 0.00572. The van der Waals surface area contributed by atoms with Crippen molar-refractivity contribution in [3.63, 3.8) is 0 Å². The quantitative estimate of drug-likeness (QED) is 0.527. The van der Waals surface area contributed by atoms with Crippen LogP contribution in [0.15, 0.2) is 36.4 Å². The Kier molecular flexibility index (Phi) is 5.92. The number of hydrogen-bond acceptors (Lipinski definition) is 3. The van der Waals surface area contributed by atoms with Gasteiger partial charge in [0.1, 0.15) is 5.75 Å². The van der Waals surface area contributed by atoms with Crippen LogP contribution in [0.3, 0.4) is 0 Å². The summed E-state index contributed by atoms with van der Waals surface area (Å²) in [6.45, 7) is 5.51. The molecule has 2 aromatic carbocycles. The van der Waals surface area contributed by atoms with Crippen LogP contribution in [0.25, 0.3) is 10.9 Å². The lowest BCUT2D eigenvalue weighted by molar-refractivity contribution is -0.140. The van der Waals surface area contributed by atoms with E-state index in [4.69, 9.17) is 23.2 Å². The minimum atomic E-state index is -0.966. The van der Waals surface area contributed by atoms with Gasteiger partial charge >= 0.3 is 5.97 Å². The van der Waals surface area contributed by atoms with Crippen molar-refractivity contribution >= 4 is 46.0 Å². The average molecular weight is 434 g/mol. The number of hydrogen-bond donors (Lipinski definition) is 2. The molecule has 0 aliphatic heterocycles. The Morgan fingerprint density at radius 2 is 1.79 bits per heavy atom. The molecule has 29 heavy (non-hydrogen) atoms. The number of aliphatic carboxylic acids is 1. The zero-order valence-corrected chi connectivity index (χ0v) is 17.8. The predicted molar refractivity (Wildman–Crippen MR) is 114 cm³/mol. The van der Waals surface area contributed by atoms with Gasteiger partial charge in [-0.05, 0) is 54.8 Å². The molecule has 2 atom stereocenters. The molecule has 3 rings (SSSR count). The molecule has 1 unspecified atom stereocenters. The molecule has 0 bridgehead atoms. The lowest BCUT2D eigenvalue weighted by Crippen LogP contribution is -2.21. The summed E-state index contributed by atoms with van der Waals surface area (Å²) in [6, 6.07) is 9.21. The number of aromatic nitrogens is 1. The van der Waals surface area contributed by atoms with Crippen molar-refractivity contribution in [1.82, 2.24) is 4.57 Å². The van der Waals surface area contributed by atoms with Gasteiger partial charge in [0.15, 0.2) is 0 Å². The minimum Gasteiger partial charge on any atom is -0.508 e. The topological polar surface area (TPSA) is 79.5 Å². The normalized spacial score (nSPS) is 13.4. The van der Waals surface area contributed by atoms with Crippen LogP contribution in [0.1, 0.15) is 47.8 Å². The Labute approximate surface area is 178 Å². The van der Waals surface area contributed by atoms with Crippen LogP contribution in [0.2, 0.25) is 10.0 Å². The van der Waals surface area contributed by atoms with Crippen molar-refractivity contribution in [2.24, 2.45) is 5.92 Å². The fourth-order valence-corrected chi connectivity index (χ4v) is 4.03. The summed E-state index contributed by atoms with van der Waals surface area (Å²) >= 11 is 12.0. The monoisotopic (exact) mass is 433 g/mol. The number of carboxylic acids is 1. The summed E-state index contributed by atoms with van der Waals surface area (Å²) in [5.74, 6) is -2.28. The summed E-state index contributed by atoms with van der Waals surface area (Å²) in [4.78, 5) is 25.4. The molecule has 3 aromatic rings. The molecule has 7 heteroatoms. The lowest BCUT2D eigenvalue weighted by Gasteiger charge is -2.20. The van der Waals surface area contributed by atoms with E-state index >= 15 is 0 Å². The molecule has 2 N–H and O–H groups in total. The molecule has 0 fully saturated rings. The van der Waals surface area contributed by atoms with Crippen LogP contribution in [0.4, 0.5) is 0 Å². The first-order valence-electron chi connectivity index (χ1n) is 9.23. The maximum absolute atomic E-state index is 13.3. The highest BCUT2D eigenvalue weighted by molar-refractivity contribution is 6.42. The van der Waals surface area contributed by atoms with E-state index in [-0.39, 0.29) is 22.6 Å². The summed E-state index contributed by atoms with van der Waals surface area (Å²) in [7, 11) is 0. The van der Waals surface area contributed by atoms with Gasteiger partial charge in [0.25, 0.3) is 5.91 Å². The SMILES string of the molecule is CC[C@@H](C)C(C(=O)O)c1c(C)n(C(=O)c2ccc(Cl)c(Cl)c2)c2ccc(O)cc12. The molecule has 0 amide bonds. The van der Waals surface area contributed by atoms with Crippen molar-refractivity contribution in [3.8, 4) is 5.75 Å². The van der Waals surface area contributed by atoms with E-state index in [1.807, 2.05) is 13.8 Å². The Balaban J connectivity index is 2.31. The van der Waals surface area contributed by atoms with Crippen molar-refractivity contribution in [1.29, 1.82) is 0 Å². The number of nitrogens with zero attached hydrogens (tertiary/aromatic N) is 1. The van der Waals surface area contributed by atoms with Crippen LogP contribution in [0, 0.1) is 12.8 Å². The van der Waals surface area contributed by atoms with E-state index in [1.165, 1.54) is 22.8 Å². The van der Waals surface area contributed by atoms with Crippen LogP contribution >= 0.6 is 23.2 Å². The van der Waals surface area contributed by atoms with E-state index in [2.05, 4.69) is 0 Å². The first kappa shape index (κ1) is 21.2. The van der Waals surface area contributed by atoms with E-state index in [1.54, 1.807) is 25.1 Å². The van der Waals surface area contributed by atoms with Gasteiger partial charge in [-0.25, -0.2) is 0 Å². The molecule has 0 saturated heterocycles. The number of phenols is 1. The number of carbonyl (C=O) groups excluding carboxylic acids is 1. The van der Waals surface area contributed by atoms with Gasteiger partial charge in [0.05, 0.1) is 21.5 Å². The second-order valence-corrected chi connectivity index (χ2v) is 7.99. The lowest BCUT2D eigenvalue weighted by atomic mass is 9.84. The number of benzene rings is 2. The maximum Gasteiger partial charge on any atom is 0.311 e. The fourth-order valence-electron chi connectivity index (χ4n) is 3.73. The van der Waals surface area contributed by atoms with Gasteiger partial charge < -0.3 is 10.2 Å². The van der Waals surface area contributed by atoms with E-state index < -0.39 is 11.9 Å². The Morgan fingerprint density at radius 3 is 2.38 bits per heavy atom. The van der Waals surface area contributed by atoms with Gasteiger partial charge in [0.2, 0.25) is 0 Å². The number of fused-ring (bicyclic) bond motifs is 1. The largest absolute Gasteiger partial charge is 0.508 e. The second-order valence-electron chi connectivity index (χ2n) is 7.17. The number of carbonyl (C=O) groups is 2. The van der Waals surface area contributed by atoms with Gasteiger partial charge in [-0.1, -0.05) is 43.5 Å². The number of carboxylic acid groups (broad SMARTS) is 1. The summed E-state index contributed by atoms with van der Waals surface area (Å²) in [5, 5.41) is 21.1. The zero-order chi connectivity index (χ0) is 21.5.